The minimum atomic E-state index is -1.18. The molecule has 0 bridgehead atoms. The number of phenolic OH excluding ortho intramolecular Hbond substituents is 1. The van der Waals surface area contributed by atoms with E-state index in [0.717, 1.165) is 32.9 Å². The van der Waals surface area contributed by atoms with Gasteiger partial charge in [0.25, 0.3) is 0 Å². The van der Waals surface area contributed by atoms with Crippen LogP contribution in [-0.2, 0) is 31.6 Å². The number of hydroxylamine groups is 2. The fourth-order valence-corrected chi connectivity index (χ4v) is 5.80. The quantitative estimate of drug-likeness (QED) is 0.335. The predicted molar refractivity (Wildman–Crippen MR) is 165 cm³/mol. The van der Waals surface area contributed by atoms with Crippen molar-refractivity contribution in [3.05, 3.63) is 101 Å². The van der Waals surface area contributed by atoms with Gasteiger partial charge in [0.15, 0.2) is 0 Å². The predicted octanol–water partition coefficient (Wildman–Crippen LogP) is 8.06. The molecule has 0 radical (unpaired) electrons. The third-order valence-electron chi connectivity index (χ3n) is 7.75. The van der Waals surface area contributed by atoms with Crippen molar-refractivity contribution in [2.75, 3.05) is 6.54 Å². The third kappa shape index (κ3) is 6.48. The summed E-state index contributed by atoms with van der Waals surface area (Å²) in [7, 11) is 0. The van der Waals surface area contributed by atoms with Crippen molar-refractivity contribution >= 4 is 12.1 Å². The Kier molecular flexibility index (Phi) is 8.25. The summed E-state index contributed by atoms with van der Waals surface area (Å²) in [5.41, 5.74) is 1.68. The summed E-state index contributed by atoms with van der Waals surface area (Å²) in [5, 5.41) is 12.6. The molecule has 3 aromatic rings. The molecule has 1 saturated heterocycles. The van der Waals surface area contributed by atoms with Gasteiger partial charge in [0.1, 0.15) is 16.8 Å². The number of ether oxygens (including phenoxy) is 1. The molecule has 1 aliphatic rings. The Labute approximate surface area is 250 Å². The lowest BCUT2D eigenvalue weighted by atomic mass is 9.64. The molecule has 4 rings (SSSR count). The van der Waals surface area contributed by atoms with Crippen LogP contribution in [0.2, 0.25) is 0 Å². The van der Waals surface area contributed by atoms with Gasteiger partial charge >= 0.3 is 12.1 Å². The summed E-state index contributed by atoms with van der Waals surface area (Å²) in [6.45, 7) is 17.8. The maximum atomic E-state index is 14.3. The van der Waals surface area contributed by atoms with Crippen molar-refractivity contribution in [1.29, 1.82) is 0 Å². The molecule has 1 aliphatic heterocycles. The molecule has 1 N–H and O–H groups in total. The highest BCUT2D eigenvalue weighted by molar-refractivity contribution is 5.85. The number of hydrogen-bond acceptors (Lipinski definition) is 5. The molecular weight excluding hydrogens is 526 g/mol. The molecule has 0 aromatic heterocycles. The molecule has 0 saturated carbocycles. The van der Waals surface area contributed by atoms with Gasteiger partial charge in [-0.1, -0.05) is 114 Å². The largest absolute Gasteiger partial charge is 0.507 e. The normalized spacial score (nSPS) is 18.5. The van der Waals surface area contributed by atoms with Gasteiger partial charge in [-0.3, -0.25) is 0 Å². The first kappa shape index (κ1) is 31.1. The minimum absolute atomic E-state index is 0.00573. The summed E-state index contributed by atoms with van der Waals surface area (Å²) in [6, 6.07) is 23.8. The molecule has 42 heavy (non-hydrogen) atoms. The molecule has 1 heterocycles. The van der Waals surface area contributed by atoms with E-state index in [4.69, 9.17) is 9.57 Å². The molecule has 0 spiro atoms. The first-order valence-electron chi connectivity index (χ1n) is 14.6. The van der Waals surface area contributed by atoms with E-state index in [1.807, 2.05) is 72.8 Å². The van der Waals surface area contributed by atoms with Crippen LogP contribution >= 0.6 is 0 Å². The summed E-state index contributed by atoms with van der Waals surface area (Å²) in [4.78, 5) is 33.3. The molecule has 2 atom stereocenters. The second-order valence-corrected chi connectivity index (χ2v) is 14.5. The first-order valence-corrected chi connectivity index (χ1v) is 14.6. The molecule has 6 heteroatoms. The fourth-order valence-electron chi connectivity index (χ4n) is 5.80. The van der Waals surface area contributed by atoms with E-state index in [9.17, 15) is 14.7 Å². The second kappa shape index (κ2) is 11.1. The van der Waals surface area contributed by atoms with Crippen LogP contribution in [0, 0.1) is 5.41 Å². The zero-order valence-electron chi connectivity index (χ0n) is 26.4. The number of carbonyl (C=O) groups is 2. The average Bonchev–Trinajstić information content (AvgIpc) is 3.20. The van der Waals surface area contributed by atoms with Gasteiger partial charge in [-0.05, 0) is 65.8 Å². The number of rotatable bonds is 5. The third-order valence-corrected chi connectivity index (χ3v) is 7.75. The summed E-state index contributed by atoms with van der Waals surface area (Å²) >= 11 is 0. The Morgan fingerprint density at radius 2 is 1.36 bits per heavy atom. The van der Waals surface area contributed by atoms with Crippen LogP contribution in [0.5, 0.6) is 5.75 Å². The molecule has 6 nitrogen and oxygen atoms in total. The van der Waals surface area contributed by atoms with Crippen molar-refractivity contribution in [2.24, 2.45) is 5.41 Å². The first-order chi connectivity index (χ1) is 19.4. The fraction of sp³-hybridized carbons (Fsp3) is 0.444. The number of benzene rings is 3. The Morgan fingerprint density at radius 3 is 1.83 bits per heavy atom. The summed E-state index contributed by atoms with van der Waals surface area (Å²) < 4.78 is 5.62. The van der Waals surface area contributed by atoms with Crippen molar-refractivity contribution in [3.63, 3.8) is 0 Å². The number of amides is 1. The van der Waals surface area contributed by atoms with Crippen molar-refractivity contribution in [1.82, 2.24) is 5.06 Å². The maximum absolute atomic E-state index is 14.3. The molecule has 1 fully saturated rings. The van der Waals surface area contributed by atoms with Gasteiger partial charge in [0.05, 0.1) is 6.54 Å². The molecule has 0 unspecified atom stereocenters. The monoisotopic (exact) mass is 571 g/mol. The van der Waals surface area contributed by atoms with Crippen molar-refractivity contribution in [3.8, 4) is 5.75 Å². The lowest BCUT2D eigenvalue weighted by Crippen LogP contribution is -2.42. The van der Waals surface area contributed by atoms with Crippen LogP contribution in [0.3, 0.4) is 0 Å². The molecule has 1 amide bonds. The number of hydrogen-bond donors (Lipinski definition) is 1. The summed E-state index contributed by atoms with van der Waals surface area (Å²) in [5.74, 6) is -0.720. The van der Waals surface area contributed by atoms with Gasteiger partial charge in [-0.15, -0.1) is 5.06 Å². The van der Waals surface area contributed by atoms with E-state index in [2.05, 4.69) is 41.5 Å². The lowest BCUT2D eigenvalue weighted by Gasteiger charge is -2.37. The highest BCUT2D eigenvalue weighted by Gasteiger charge is 2.57. The minimum Gasteiger partial charge on any atom is -0.507 e. The summed E-state index contributed by atoms with van der Waals surface area (Å²) in [6.07, 6.45) is -0.365. The van der Waals surface area contributed by atoms with Crippen LogP contribution in [0.4, 0.5) is 4.79 Å². The maximum Gasteiger partial charge on any atom is 0.443 e. The zero-order chi connectivity index (χ0) is 31.1. The Morgan fingerprint density at radius 1 is 0.857 bits per heavy atom. The Hall–Kier alpha value is -3.80. The van der Waals surface area contributed by atoms with Crippen LogP contribution < -0.4 is 0 Å². The Bertz CT molecular complexity index is 1390. The lowest BCUT2D eigenvalue weighted by molar-refractivity contribution is -0.169. The van der Waals surface area contributed by atoms with E-state index in [1.54, 1.807) is 20.8 Å². The zero-order valence-corrected chi connectivity index (χ0v) is 26.4. The van der Waals surface area contributed by atoms with E-state index in [0.29, 0.717) is 6.42 Å². The number of carbonyl (C=O) groups excluding carboxylic acids is 2. The SMILES string of the molecule is CC(C)(C)OC(=O)N1C[C@](Cc2ccccc2)([C@@H](c2ccccc2)c2cc(C(C)(C)C)c(O)c(C(C)(C)C)c2)C(=O)O1. The van der Waals surface area contributed by atoms with Crippen LogP contribution in [0.25, 0.3) is 0 Å². The van der Waals surface area contributed by atoms with Crippen LogP contribution in [0.1, 0.15) is 96.0 Å². The average molecular weight is 572 g/mol. The molecule has 0 aliphatic carbocycles. The van der Waals surface area contributed by atoms with Crippen LogP contribution in [0.15, 0.2) is 72.8 Å². The molecular formula is C36H45NO5. The van der Waals surface area contributed by atoms with Crippen LogP contribution in [-0.4, -0.2) is 34.4 Å². The Balaban J connectivity index is 2.01. The van der Waals surface area contributed by atoms with E-state index in [-0.39, 0.29) is 23.1 Å². The standard InChI is InChI=1S/C36H45NO5/c1-33(2,3)27-20-26(21-28(30(27)38)34(4,5)6)29(25-18-14-11-15-19-25)36(22-24-16-12-10-13-17-24)23-37(42-31(36)39)32(40)41-35(7,8)9/h10-21,29,38H,22-23H2,1-9H3/t29-,36+/m0/s1. The smallest absolute Gasteiger partial charge is 0.443 e. The van der Waals surface area contributed by atoms with E-state index in [1.165, 1.54) is 0 Å². The topological polar surface area (TPSA) is 76.1 Å². The second-order valence-electron chi connectivity index (χ2n) is 14.5. The highest BCUT2D eigenvalue weighted by Crippen LogP contribution is 2.51. The van der Waals surface area contributed by atoms with Gasteiger partial charge in [-0.25, -0.2) is 9.59 Å². The number of aromatic hydroxyl groups is 1. The van der Waals surface area contributed by atoms with Gasteiger partial charge in [0, 0.05) is 5.92 Å². The van der Waals surface area contributed by atoms with Crippen molar-refractivity contribution < 1.29 is 24.3 Å². The van der Waals surface area contributed by atoms with Gasteiger partial charge in [-0.2, -0.15) is 0 Å². The van der Waals surface area contributed by atoms with Gasteiger partial charge in [0.2, 0.25) is 0 Å². The van der Waals surface area contributed by atoms with Crippen molar-refractivity contribution in [2.45, 2.75) is 91.1 Å². The number of nitrogens with zero attached hydrogens (tertiary/aromatic N) is 1. The highest BCUT2D eigenvalue weighted by atomic mass is 16.8. The van der Waals surface area contributed by atoms with E-state index >= 15 is 0 Å². The molecule has 3 aromatic carbocycles. The van der Waals surface area contributed by atoms with Gasteiger partial charge < -0.3 is 14.7 Å². The molecule has 224 valence electrons. The van der Waals surface area contributed by atoms with E-state index < -0.39 is 29.0 Å². The number of phenols is 1.